The van der Waals surface area contributed by atoms with Crippen LogP contribution >= 0.6 is 0 Å². The molecule has 27 heavy (non-hydrogen) atoms. The Morgan fingerprint density at radius 2 is 1.22 bits per heavy atom. The highest BCUT2D eigenvalue weighted by molar-refractivity contribution is 5.17. The smallest absolute Gasteiger partial charge is 0.285 e. The van der Waals surface area contributed by atoms with Crippen LogP contribution in [0.3, 0.4) is 0 Å². The first-order valence-electron chi connectivity index (χ1n) is 11.5. The van der Waals surface area contributed by atoms with Crippen molar-refractivity contribution in [2.45, 2.75) is 97.9 Å². The standard InChI is InChI=1S/C24H44O3/c1-5-9-10-11-12-13-20-23(21-16-19-22-17-14-15-18-22)24(25-6-2,26-7-3)27-8-4/h14-15,17-18,22-23H,5-13,16,19-21H2,1-4H3. The first-order valence-corrected chi connectivity index (χ1v) is 11.5. The summed E-state index contributed by atoms with van der Waals surface area (Å²) in [6.07, 6.45) is 21.3. The zero-order valence-corrected chi connectivity index (χ0v) is 18.4. The van der Waals surface area contributed by atoms with Gasteiger partial charge in [-0.2, -0.15) is 0 Å². The van der Waals surface area contributed by atoms with Crippen LogP contribution in [0.1, 0.15) is 91.9 Å². The monoisotopic (exact) mass is 380 g/mol. The minimum Gasteiger partial charge on any atom is -0.328 e. The molecule has 3 nitrogen and oxygen atoms in total. The average Bonchev–Trinajstić information content (AvgIpc) is 3.17. The molecule has 0 saturated carbocycles. The summed E-state index contributed by atoms with van der Waals surface area (Å²) in [5, 5.41) is 0. The third-order valence-corrected chi connectivity index (χ3v) is 5.36. The first-order chi connectivity index (χ1) is 13.2. The molecule has 0 N–H and O–H groups in total. The van der Waals surface area contributed by atoms with Gasteiger partial charge in [-0.3, -0.25) is 0 Å². The van der Waals surface area contributed by atoms with Crippen molar-refractivity contribution in [2.24, 2.45) is 11.8 Å². The summed E-state index contributed by atoms with van der Waals surface area (Å²) in [4.78, 5) is 0. The molecule has 0 aromatic carbocycles. The highest BCUT2D eigenvalue weighted by Gasteiger charge is 2.41. The SMILES string of the molecule is CCCCCCCCC(CCCC1C=CC=C1)C(OCC)(OCC)OCC. The van der Waals surface area contributed by atoms with E-state index >= 15 is 0 Å². The van der Waals surface area contributed by atoms with E-state index in [0.29, 0.717) is 25.7 Å². The topological polar surface area (TPSA) is 27.7 Å². The third kappa shape index (κ3) is 9.40. The maximum atomic E-state index is 6.12. The Balaban J connectivity index is 2.65. The van der Waals surface area contributed by atoms with Gasteiger partial charge >= 0.3 is 0 Å². The number of rotatable bonds is 18. The molecule has 0 aromatic rings. The zero-order chi connectivity index (χ0) is 19.8. The van der Waals surface area contributed by atoms with Crippen LogP contribution in [-0.2, 0) is 14.2 Å². The Labute approximate surface area is 168 Å². The van der Waals surface area contributed by atoms with Gasteiger partial charge in [-0.15, -0.1) is 0 Å². The number of ether oxygens (including phenoxy) is 3. The molecule has 3 heteroatoms. The van der Waals surface area contributed by atoms with Crippen LogP contribution in [0.15, 0.2) is 24.3 Å². The summed E-state index contributed by atoms with van der Waals surface area (Å²) in [5.74, 6) is 0.0153. The summed E-state index contributed by atoms with van der Waals surface area (Å²) < 4.78 is 18.4. The van der Waals surface area contributed by atoms with Crippen LogP contribution in [0.5, 0.6) is 0 Å². The second-order valence-corrected chi connectivity index (χ2v) is 7.52. The van der Waals surface area contributed by atoms with Crippen molar-refractivity contribution >= 4 is 0 Å². The fraction of sp³-hybridized carbons (Fsp3) is 0.833. The average molecular weight is 381 g/mol. The van der Waals surface area contributed by atoms with E-state index in [2.05, 4.69) is 31.2 Å². The highest BCUT2D eigenvalue weighted by Crippen LogP contribution is 2.35. The van der Waals surface area contributed by atoms with Crippen molar-refractivity contribution in [3.63, 3.8) is 0 Å². The van der Waals surface area contributed by atoms with E-state index in [0.717, 1.165) is 12.8 Å². The maximum Gasteiger partial charge on any atom is 0.285 e. The van der Waals surface area contributed by atoms with E-state index in [1.807, 2.05) is 20.8 Å². The van der Waals surface area contributed by atoms with Gasteiger partial charge in [-0.1, -0.05) is 76.2 Å². The summed E-state index contributed by atoms with van der Waals surface area (Å²) in [7, 11) is 0. The quantitative estimate of drug-likeness (QED) is 0.189. The first kappa shape index (κ1) is 24.4. The second kappa shape index (κ2) is 15.3. The molecule has 1 aliphatic carbocycles. The van der Waals surface area contributed by atoms with E-state index in [4.69, 9.17) is 14.2 Å². The van der Waals surface area contributed by atoms with Crippen LogP contribution in [-0.4, -0.2) is 25.8 Å². The largest absolute Gasteiger partial charge is 0.328 e. The van der Waals surface area contributed by atoms with Crippen molar-refractivity contribution in [2.75, 3.05) is 19.8 Å². The van der Waals surface area contributed by atoms with Gasteiger partial charge in [-0.05, 0) is 46.0 Å². The van der Waals surface area contributed by atoms with Crippen LogP contribution < -0.4 is 0 Å². The van der Waals surface area contributed by atoms with Crippen molar-refractivity contribution < 1.29 is 14.2 Å². The molecular weight excluding hydrogens is 336 g/mol. The molecule has 0 aliphatic heterocycles. The molecule has 0 spiro atoms. The Hall–Kier alpha value is -0.640. The number of hydrogen-bond donors (Lipinski definition) is 0. The van der Waals surface area contributed by atoms with Gasteiger partial charge < -0.3 is 14.2 Å². The Morgan fingerprint density at radius 3 is 1.78 bits per heavy atom. The van der Waals surface area contributed by atoms with E-state index < -0.39 is 5.97 Å². The molecule has 1 unspecified atom stereocenters. The fourth-order valence-corrected chi connectivity index (χ4v) is 4.02. The van der Waals surface area contributed by atoms with E-state index in [-0.39, 0.29) is 5.92 Å². The Bertz CT molecular complexity index is 373. The van der Waals surface area contributed by atoms with Gasteiger partial charge in [0.05, 0.1) is 0 Å². The molecule has 1 rings (SSSR count). The minimum absolute atomic E-state index is 0.290. The van der Waals surface area contributed by atoms with Crippen molar-refractivity contribution in [1.82, 2.24) is 0 Å². The molecule has 0 bridgehead atoms. The molecule has 0 heterocycles. The molecule has 1 aliphatic rings. The normalized spacial score (nSPS) is 15.7. The van der Waals surface area contributed by atoms with Gasteiger partial charge in [0.25, 0.3) is 5.97 Å². The van der Waals surface area contributed by atoms with E-state index in [9.17, 15) is 0 Å². The van der Waals surface area contributed by atoms with Gasteiger partial charge in [0.15, 0.2) is 0 Å². The minimum atomic E-state index is -0.872. The number of allylic oxidation sites excluding steroid dienone is 4. The summed E-state index contributed by atoms with van der Waals surface area (Å²) in [6.45, 7) is 10.2. The fourth-order valence-electron chi connectivity index (χ4n) is 4.02. The molecular formula is C24H44O3. The maximum absolute atomic E-state index is 6.12. The highest BCUT2D eigenvalue weighted by atomic mass is 16.9. The lowest BCUT2D eigenvalue weighted by Gasteiger charge is -2.39. The lowest BCUT2D eigenvalue weighted by molar-refractivity contribution is -0.403. The van der Waals surface area contributed by atoms with Crippen molar-refractivity contribution in [1.29, 1.82) is 0 Å². The van der Waals surface area contributed by atoms with Crippen LogP contribution in [0.25, 0.3) is 0 Å². The van der Waals surface area contributed by atoms with Crippen LogP contribution in [0.4, 0.5) is 0 Å². The number of unbranched alkanes of at least 4 members (excludes halogenated alkanes) is 5. The van der Waals surface area contributed by atoms with Crippen LogP contribution in [0, 0.1) is 11.8 Å². The molecule has 0 amide bonds. The van der Waals surface area contributed by atoms with Gasteiger partial charge in [0, 0.05) is 25.7 Å². The Kier molecular flexibility index (Phi) is 13.8. The Morgan fingerprint density at radius 1 is 0.704 bits per heavy atom. The van der Waals surface area contributed by atoms with Crippen molar-refractivity contribution in [3.05, 3.63) is 24.3 Å². The van der Waals surface area contributed by atoms with Gasteiger partial charge in [-0.25, -0.2) is 0 Å². The molecule has 158 valence electrons. The zero-order valence-electron chi connectivity index (χ0n) is 18.4. The van der Waals surface area contributed by atoms with Gasteiger partial charge in [0.2, 0.25) is 0 Å². The van der Waals surface area contributed by atoms with Gasteiger partial charge in [0.1, 0.15) is 0 Å². The predicted molar refractivity (Wildman–Crippen MR) is 115 cm³/mol. The van der Waals surface area contributed by atoms with Crippen molar-refractivity contribution in [3.8, 4) is 0 Å². The second-order valence-electron chi connectivity index (χ2n) is 7.52. The summed E-state index contributed by atoms with van der Waals surface area (Å²) in [5.41, 5.74) is 0. The molecule has 0 aromatic heterocycles. The van der Waals surface area contributed by atoms with E-state index in [1.165, 1.54) is 51.4 Å². The molecule has 1 atom stereocenters. The molecule has 0 radical (unpaired) electrons. The van der Waals surface area contributed by atoms with E-state index in [1.54, 1.807) is 0 Å². The molecule has 0 fully saturated rings. The summed E-state index contributed by atoms with van der Waals surface area (Å²) >= 11 is 0. The lowest BCUT2D eigenvalue weighted by Crippen LogP contribution is -2.46. The third-order valence-electron chi connectivity index (χ3n) is 5.36. The summed E-state index contributed by atoms with van der Waals surface area (Å²) in [6, 6.07) is 0. The molecule has 0 saturated heterocycles. The lowest BCUT2D eigenvalue weighted by atomic mass is 9.90. The number of hydrogen-bond acceptors (Lipinski definition) is 3. The van der Waals surface area contributed by atoms with Crippen LogP contribution in [0.2, 0.25) is 0 Å². The predicted octanol–water partition coefficient (Wildman–Crippen LogP) is 7.03.